The summed E-state index contributed by atoms with van der Waals surface area (Å²) in [6, 6.07) is 0. The molecule has 2 aliphatic rings. The maximum Gasteiger partial charge on any atom is 0.225 e. The molecule has 0 bridgehead atoms. The van der Waals surface area contributed by atoms with E-state index >= 15 is 0 Å². The third-order valence-corrected chi connectivity index (χ3v) is 3.40. The van der Waals surface area contributed by atoms with E-state index in [1.54, 1.807) is 0 Å². The van der Waals surface area contributed by atoms with Crippen LogP contribution in [0.3, 0.4) is 0 Å². The minimum absolute atomic E-state index is 0.380. The molecule has 1 saturated carbocycles. The summed E-state index contributed by atoms with van der Waals surface area (Å²) >= 11 is 0. The first kappa shape index (κ1) is 9.04. The van der Waals surface area contributed by atoms with Gasteiger partial charge in [-0.15, -0.1) is 0 Å². The molecule has 0 radical (unpaired) electrons. The molecule has 2 fully saturated rings. The van der Waals surface area contributed by atoms with Gasteiger partial charge in [-0.3, -0.25) is 4.79 Å². The van der Waals surface area contributed by atoms with Crippen LogP contribution in [0.2, 0.25) is 0 Å². The Balaban J connectivity index is 1.88. The van der Waals surface area contributed by atoms with Gasteiger partial charge in [-0.2, -0.15) is 0 Å². The van der Waals surface area contributed by atoms with Crippen molar-refractivity contribution in [1.82, 2.24) is 4.90 Å². The van der Waals surface area contributed by atoms with Gasteiger partial charge >= 0.3 is 0 Å². The Labute approximate surface area is 80.3 Å². The van der Waals surface area contributed by atoms with Gasteiger partial charge in [0.1, 0.15) is 0 Å². The van der Waals surface area contributed by atoms with E-state index in [4.69, 9.17) is 0 Å². The van der Waals surface area contributed by atoms with Gasteiger partial charge in [0.05, 0.1) is 0 Å². The molecule has 1 amide bonds. The summed E-state index contributed by atoms with van der Waals surface area (Å²) in [6.07, 6.45) is 3.63. The molecule has 1 saturated heterocycles. The molecule has 1 aliphatic heterocycles. The number of piperidine rings is 1. The maximum atomic E-state index is 11.8. The molecule has 0 aromatic carbocycles. The molecule has 2 heteroatoms. The average Bonchev–Trinajstić information content (AvgIpc) is 2.81. The van der Waals surface area contributed by atoms with Gasteiger partial charge in [0, 0.05) is 19.0 Å². The molecular weight excluding hydrogens is 162 g/mol. The highest BCUT2D eigenvalue weighted by Crippen LogP contribution is 2.39. The number of carbonyl (C=O) groups excluding carboxylic acids is 1. The first-order valence-electron chi connectivity index (χ1n) is 5.47. The predicted octanol–water partition coefficient (Wildman–Crippen LogP) is 1.90. The van der Waals surface area contributed by atoms with Crippen LogP contribution in [-0.2, 0) is 4.79 Å². The number of hydrogen-bond donors (Lipinski definition) is 0. The molecule has 0 aromatic heterocycles. The van der Waals surface area contributed by atoms with Crippen molar-refractivity contribution in [2.24, 2.45) is 17.8 Å². The smallest absolute Gasteiger partial charge is 0.225 e. The average molecular weight is 181 g/mol. The zero-order valence-electron chi connectivity index (χ0n) is 8.62. The molecule has 13 heavy (non-hydrogen) atoms. The molecular formula is C11H19NO. The van der Waals surface area contributed by atoms with Crippen LogP contribution in [0.15, 0.2) is 0 Å². The van der Waals surface area contributed by atoms with Gasteiger partial charge in [-0.05, 0) is 31.1 Å². The van der Waals surface area contributed by atoms with Gasteiger partial charge in [0.25, 0.3) is 0 Å². The molecule has 3 atom stereocenters. The fourth-order valence-electron chi connectivity index (χ4n) is 2.29. The van der Waals surface area contributed by atoms with Gasteiger partial charge in [-0.1, -0.05) is 13.8 Å². The molecule has 0 aromatic rings. The fraction of sp³-hybridized carbons (Fsp3) is 0.909. The largest absolute Gasteiger partial charge is 0.342 e. The van der Waals surface area contributed by atoms with Crippen LogP contribution >= 0.6 is 0 Å². The summed E-state index contributed by atoms with van der Waals surface area (Å²) in [6.45, 7) is 6.43. The lowest BCUT2D eigenvalue weighted by Crippen LogP contribution is -2.40. The molecule has 2 unspecified atom stereocenters. The summed E-state index contributed by atoms with van der Waals surface area (Å²) in [5, 5.41) is 0. The van der Waals surface area contributed by atoms with Crippen molar-refractivity contribution in [2.45, 2.75) is 33.1 Å². The number of nitrogens with zero attached hydrogens (tertiary/aromatic N) is 1. The zero-order chi connectivity index (χ0) is 9.42. The second-order valence-electron chi connectivity index (χ2n) is 4.85. The Morgan fingerprint density at radius 2 is 2.08 bits per heavy atom. The van der Waals surface area contributed by atoms with Gasteiger partial charge < -0.3 is 4.90 Å². The lowest BCUT2D eigenvalue weighted by atomic mass is 10.00. The highest BCUT2D eigenvalue weighted by atomic mass is 16.2. The number of likely N-dealkylation sites (tertiary alicyclic amines) is 1. The third-order valence-electron chi connectivity index (χ3n) is 3.40. The van der Waals surface area contributed by atoms with E-state index in [1.807, 2.05) is 0 Å². The Morgan fingerprint density at radius 1 is 1.38 bits per heavy atom. The topological polar surface area (TPSA) is 20.3 Å². The Bertz CT molecular complexity index is 214. The fourth-order valence-corrected chi connectivity index (χ4v) is 2.29. The van der Waals surface area contributed by atoms with E-state index in [0.29, 0.717) is 23.7 Å². The van der Waals surface area contributed by atoms with Crippen LogP contribution in [0.5, 0.6) is 0 Å². The molecule has 0 N–H and O–H groups in total. The molecule has 2 nitrogen and oxygen atoms in total. The Kier molecular flexibility index (Phi) is 2.31. The van der Waals surface area contributed by atoms with E-state index in [-0.39, 0.29) is 0 Å². The van der Waals surface area contributed by atoms with E-state index in [0.717, 1.165) is 19.5 Å². The maximum absolute atomic E-state index is 11.8. The summed E-state index contributed by atoms with van der Waals surface area (Å²) in [5.41, 5.74) is 0. The number of hydrogen-bond acceptors (Lipinski definition) is 1. The summed E-state index contributed by atoms with van der Waals surface area (Å²) in [7, 11) is 0. The van der Waals surface area contributed by atoms with Crippen LogP contribution in [0.25, 0.3) is 0 Å². The van der Waals surface area contributed by atoms with Crippen molar-refractivity contribution in [1.29, 1.82) is 0 Å². The van der Waals surface area contributed by atoms with Crippen LogP contribution in [0, 0.1) is 17.8 Å². The van der Waals surface area contributed by atoms with Crippen molar-refractivity contribution in [3.05, 3.63) is 0 Å². The van der Waals surface area contributed by atoms with E-state index in [1.165, 1.54) is 12.8 Å². The lowest BCUT2D eigenvalue weighted by molar-refractivity contribution is -0.134. The lowest BCUT2D eigenvalue weighted by Gasteiger charge is -2.31. The summed E-state index contributed by atoms with van der Waals surface area (Å²) < 4.78 is 0. The highest BCUT2D eigenvalue weighted by molar-refractivity contribution is 5.81. The third kappa shape index (κ3) is 1.87. The molecule has 1 heterocycles. The molecule has 74 valence electrons. The van der Waals surface area contributed by atoms with Crippen LogP contribution < -0.4 is 0 Å². The van der Waals surface area contributed by atoms with Gasteiger partial charge in [0.2, 0.25) is 5.91 Å². The second-order valence-corrected chi connectivity index (χ2v) is 4.85. The zero-order valence-corrected chi connectivity index (χ0v) is 8.62. The minimum Gasteiger partial charge on any atom is -0.342 e. The van der Waals surface area contributed by atoms with Gasteiger partial charge in [0.15, 0.2) is 0 Å². The van der Waals surface area contributed by atoms with E-state index < -0.39 is 0 Å². The number of carbonyl (C=O) groups is 1. The quantitative estimate of drug-likeness (QED) is 0.605. The van der Waals surface area contributed by atoms with Crippen molar-refractivity contribution in [3.63, 3.8) is 0 Å². The van der Waals surface area contributed by atoms with E-state index in [9.17, 15) is 4.79 Å². The van der Waals surface area contributed by atoms with Crippen molar-refractivity contribution in [3.8, 4) is 0 Å². The molecule has 0 spiro atoms. The SMILES string of the molecule is CC1CC1C(=O)N1CCC[C@@H](C)C1. The van der Waals surface area contributed by atoms with Crippen LogP contribution in [-0.4, -0.2) is 23.9 Å². The van der Waals surface area contributed by atoms with Crippen molar-refractivity contribution in [2.75, 3.05) is 13.1 Å². The Morgan fingerprint density at radius 3 is 2.62 bits per heavy atom. The van der Waals surface area contributed by atoms with E-state index in [2.05, 4.69) is 18.7 Å². The first-order valence-corrected chi connectivity index (χ1v) is 5.47. The standard InChI is InChI=1S/C11H19NO/c1-8-4-3-5-12(7-8)11(13)10-6-9(10)2/h8-10H,3-7H2,1-2H3/t8-,9?,10?/m1/s1. The molecule has 2 rings (SSSR count). The molecule has 1 aliphatic carbocycles. The summed E-state index contributed by atoms with van der Waals surface area (Å²) in [5.74, 6) is 2.18. The van der Waals surface area contributed by atoms with Crippen LogP contribution in [0.1, 0.15) is 33.1 Å². The second kappa shape index (κ2) is 3.32. The highest BCUT2D eigenvalue weighted by Gasteiger charge is 2.41. The minimum atomic E-state index is 0.380. The monoisotopic (exact) mass is 181 g/mol. The normalized spacial score (nSPS) is 38.9. The van der Waals surface area contributed by atoms with Crippen molar-refractivity contribution < 1.29 is 4.79 Å². The Hall–Kier alpha value is -0.530. The number of amides is 1. The van der Waals surface area contributed by atoms with Crippen molar-refractivity contribution >= 4 is 5.91 Å². The first-order chi connectivity index (χ1) is 6.18. The summed E-state index contributed by atoms with van der Waals surface area (Å²) in [4.78, 5) is 13.9. The number of rotatable bonds is 1. The van der Waals surface area contributed by atoms with Crippen LogP contribution in [0.4, 0.5) is 0 Å². The predicted molar refractivity (Wildman–Crippen MR) is 52.2 cm³/mol. The van der Waals surface area contributed by atoms with Gasteiger partial charge in [-0.25, -0.2) is 0 Å².